The largest absolute Gasteiger partial charge is 0.289 e. The lowest BCUT2D eigenvalue weighted by Crippen LogP contribution is -2.06. The first-order chi connectivity index (χ1) is 8.49. The fourth-order valence-electron chi connectivity index (χ4n) is 2.13. The summed E-state index contributed by atoms with van der Waals surface area (Å²) in [7, 11) is 0. The Labute approximate surface area is 112 Å². The first-order valence-corrected chi connectivity index (χ1v) is 6.10. The molecule has 0 saturated carbocycles. The van der Waals surface area contributed by atoms with E-state index < -0.39 is 0 Å². The van der Waals surface area contributed by atoms with E-state index in [0.29, 0.717) is 16.1 Å². The van der Waals surface area contributed by atoms with Crippen LogP contribution in [0.2, 0.25) is 5.02 Å². The summed E-state index contributed by atoms with van der Waals surface area (Å²) in [5, 5.41) is 0.627. The first-order valence-electron chi connectivity index (χ1n) is 5.72. The summed E-state index contributed by atoms with van der Waals surface area (Å²) in [5.41, 5.74) is 4.16. The minimum Gasteiger partial charge on any atom is -0.289 e. The van der Waals surface area contributed by atoms with Crippen molar-refractivity contribution in [1.82, 2.24) is 0 Å². The van der Waals surface area contributed by atoms with Gasteiger partial charge in [0.25, 0.3) is 0 Å². The van der Waals surface area contributed by atoms with Crippen molar-refractivity contribution in [2.45, 2.75) is 13.8 Å². The highest BCUT2D eigenvalue weighted by molar-refractivity contribution is 6.30. The predicted molar refractivity (Wildman–Crippen MR) is 75.3 cm³/mol. The SMILES string of the molecule is [CH2]c1cc(C)cc(C)c1C(=O)c1ccc(Cl)cc1. The van der Waals surface area contributed by atoms with Crippen molar-refractivity contribution in [3.8, 4) is 0 Å². The number of hydrogen-bond donors (Lipinski definition) is 0. The standard InChI is InChI=1S/C16H14ClO/c1-10-8-11(2)15(12(3)9-10)16(18)13-4-6-14(17)7-5-13/h4-9H,2H2,1,3H3. The van der Waals surface area contributed by atoms with Gasteiger partial charge >= 0.3 is 0 Å². The molecule has 2 heteroatoms. The molecule has 0 amide bonds. The lowest BCUT2D eigenvalue weighted by Gasteiger charge is -2.10. The van der Waals surface area contributed by atoms with Gasteiger partial charge in [-0.15, -0.1) is 0 Å². The first kappa shape index (κ1) is 12.8. The van der Waals surface area contributed by atoms with Gasteiger partial charge in [-0.05, 0) is 56.2 Å². The number of halogens is 1. The second-order valence-electron chi connectivity index (χ2n) is 4.45. The number of ketones is 1. The third kappa shape index (κ3) is 2.46. The van der Waals surface area contributed by atoms with Gasteiger partial charge in [-0.1, -0.05) is 29.3 Å². The van der Waals surface area contributed by atoms with Crippen molar-refractivity contribution in [3.63, 3.8) is 0 Å². The van der Waals surface area contributed by atoms with Gasteiger partial charge in [-0.2, -0.15) is 0 Å². The summed E-state index contributed by atoms with van der Waals surface area (Å²) in [6, 6.07) is 10.9. The van der Waals surface area contributed by atoms with E-state index in [-0.39, 0.29) is 5.78 Å². The summed E-state index contributed by atoms with van der Waals surface area (Å²) in [6.07, 6.45) is 0. The molecule has 0 bridgehead atoms. The number of aryl methyl sites for hydroxylation is 2. The van der Waals surface area contributed by atoms with Crippen LogP contribution >= 0.6 is 11.6 Å². The van der Waals surface area contributed by atoms with E-state index in [1.165, 1.54) is 0 Å². The lowest BCUT2D eigenvalue weighted by atomic mass is 9.93. The second kappa shape index (κ2) is 4.95. The van der Waals surface area contributed by atoms with Crippen molar-refractivity contribution >= 4 is 17.4 Å². The number of carbonyl (C=O) groups excluding carboxylic acids is 1. The lowest BCUT2D eigenvalue weighted by molar-refractivity contribution is 0.103. The minimum absolute atomic E-state index is 0.00540. The Morgan fingerprint density at radius 1 is 1.11 bits per heavy atom. The molecule has 2 aromatic rings. The molecule has 91 valence electrons. The predicted octanol–water partition coefficient (Wildman–Crippen LogP) is 4.37. The fourth-order valence-corrected chi connectivity index (χ4v) is 2.25. The van der Waals surface area contributed by atoms with Crippen molar-refractivity contribution < 1.29 is 4.79 Å². The maximum Gasteiger partial charge on any atom is 0.193 e. The molecule has 0 heterocycles. The summed E-state index contributed by atoms with van der Waals surface area (Å²) in [4.78, 5) is 12.4. The molecule has 0 saturated heterocycles. The molecule has 0 spiro atoms. The normalized spacial score (nSPS) is 10.4. The molecule has 0 aliphatic heterocycles. The number of carbonyl (C=O) groups is 1. The van der Waals surface area contributed by atoms with Crippen LogP contribution in [0.3, 0.4) is 0 Å². The molecular weight excluding hydrogens is 244 g/mol. The van der Waals surface area contributed by atoms with E-state index in [0.717, 1.165) is 16.7 Å². The monoisotopic (exact) mass is 257 g/mol. The number of benzene rings is 2. The molecule has 1 radical (unpaired) electrons. The average molecular weight is 258 g/mol. The summed E-state index contributed by atoms with van der Waals surface area (Å²) < 4.78 is 0. The molecule has 0 unspecified atom stereocenters. The Kier molecular flexibility index (Phi) is 3.53. The number of hydrogen-bond acceptors (Lipinski definition) is 1. The van der Waals surface area contributed by atoms with Gasteiger partial charge in [-0.3, -0.25) is 4.79 Å². The molecule has 0 fully saturated rings. The van der Waals surface area contributed by atoms with E-state index in [1.54, 1.807) is 24.3 Å². The highest BCUT2D eigenvalue weighted by Gasteiger charge is 2.14. The zero-order chi connectivity index (χ0) is 13.3. The van der Waals surface area contributed by atoms with Crippen molar-refractivity contribution in [1.29, 1.82) is 0 Å². The molecule has 0 aliphatic rings. The van der Waals surface area contributed by atoms with E-state index in [1.807, 2.05) is 26.0 Å². The van der Waals surface area contributed by atoms with Gasteiger partial charge < -0.3 is 0 Å². The van der Waals surface area contributed by atoms with Gasteiger partial charge in [0.2, 0.25) is 0 Å². The molecule has 0 N–H and O–H groups in total. The van der Waals surface area contributed by atoms with Crippen LogP contribution in [0.5, 0.6) is 0 Å². The summed E-state index contributed by atoms with van der Waals surface area (Å²) in [6.45, 7) is 7.89. The maximum atomic E-state index is 12.4. The van der Waals surface area contributed by atoms with Crippen LogP contribution in [0, 0.1) is 20.8 Å². The van der Waals surface area contributed by atoms with Crippen molar-refractivity contribution in [2.75, 3.05) is 0 Å². The van der Waals surface area contributed by atoms with E-state index in [2.05, 4.69) is 6.92 Å². The van der Waals surface area contributed by atoms with Gasteiger partial charge in [0.05, 0.1) is 0 Å². The smallest absolute Gasteiger partial charge is 0.193 e. The molecular formula is C16H14ClO. The highest BCUT2D eigenvalue weighted by Crippen LogP contribution is 2.21. The Bertz CT molecular complexity index is 574. The summed E-state index contributed by atoms with van der Waals surface area (Å²) >= 11 is 5.82. The Morgan fingerprint density at radius 3 is 2.28 bits per heavy atom. The van der Waals surface area contributed by atoms with Crippen molar-refractivity contribution in [2.24, 2.45) is 0 Å². The van der Waals surface area contributed by atoms with Crippen LogP contribution in [-0.2, 0) is 0 Å². The quantitative estimate of drug-likeness (QED) is 0.730. The van der Waals surface area contributed by atoms with Crippen LogP contribution in [0.4, 0.5) is 0 Å². The minimum atomic E-state index is -0.00540. The molecule has 0 aliphatic carbocycles. The molecule has 0 atom stereocenters. The van der Waals surface area contributed by atoms with E-state index in [4.69, 9.17) is 11.6 Å². The fraction of sp³-hybridized carbons (Fsp3) is 0.125. The Hall–Kier alpha value is -1.60. The van der Waals surface area contributed by atoms with Gasteiger partial charge in [0, 0.05) is 16.1 Å². The van der Waals surface area contributed by atoms with Crippen LogP contribution in [0.15, 0.2) is 36.4 Å². The van der Waals surface area contributed by atoms with Crippen LogP contribution in [0.1, 0.15) is 32.6 Å². The zero-order valence-corrected chi connectivity index (χ0v) is 11.2. The van der Waals surface area contributed by atoms with Gasteiger partial charge in [0.1, 0.15) is 0 Å². The van der Waals surface area contributed by atoms with Gasteiger partial charge in [-0.25, -0.2) is 0 Å². The Balaban J connectivity index is 2.49. The summed E-state index contributed by atoms with van der Waals surface area (Å²) in [5.74, 6) is -0.00540. The topological polar surface area (TPSA) is 17.1 Å². The van der Waals surface area contributed by atoms with Crippen LogP contribution < -0.4 is 0 Å². The highest BCUT2D eigenvalue weighted by atomic mass is 35.5. The van der Waals surface area contributed by atoms with E-state index >= 15 is 0 Å². The molecule has 0 aromatic heterocycles. The second-order valence-corrected chi connectivity index (χ2v) is 4.89. The van der Waals surface area contributed by atoms with Crippen LogP contribution in [-0.4, -0.2) is 5.78 Å². The maximum absolute atomic E-state index is 12.4. The Morgan fingerprint density at radius 2 is 1.72 bits per heavy atom. The van der Waals surface area contributed by atoms with Gasteiger partial charge in [0.15, 0.2) is 5.78 Å². The zero-order valence-electron chi connectivity index (χ0n) is 10.5. The van der Waals surface area contributed by atoms with Crippen molar-refractivity contribution in [3.05, 3.63) is 76.2 Å². The molecule has 1 nitrogen and oxygen atoms in total. The molecule has 18 heavy (non-hydrogen) atoms. The average Bonchev–Trinajstić information content (AvgIpc) is 2.28. The third-order valence-electron chi connectivity index (χ3n) is 2.90. The third-order valence-corrected chi connectivity index (χ3v) is 3.15. The molecule has 2 aromatic carbocycles. The van der Waals surface area contributed by atoms with E-state index in [9.17, 15) is 4.79 Å². The van der Waals surface area contributed by atoms with Crippen LogP contribution in [0.25, 0.3) is 0 Å². The number of rotatable bonds is 2. The molecule has 2 rings (SSSR count).